The van der Waals surface area contributed by atoms with Crippen LogP contribution < -0.4 is 4.90 Å². The molecule has 0 unspecified atom stereocenters. The lowest BCUT2D eigenvalue weighted by atomic mass is 9.87. The van der Waals surface area contributed by atoms with Crippen molar-refractivity contribution in [3.63, 3.8) is 0 Å². The first kappa shape index (κ1) is 18.6. The van der Waals surface area contributed by atoms with Crippen LogP contribution in [0.15, 0.2) is 36.9 Å². The maximum absolute atomic E-state index is 10.6. The molecule has 8 heteroatoms. The van der Waals surface area contributed by atoms with Crippen molar-refractivity contribution in [2.75, 3.05) is 19.0 Å². The van der Waals surface area contributed by atoms with Crippen molar-refractivity contribution >= 4 is 16.5 Å². The topological polar surface area (TPSA) is 70.3 Å². The lowest BCUT2D eigenvalue weighted by molar-refractivity contribution is 0.0847. The molecule has 2 aliphatic rings. The molecule has 1 N–H and O–H groups in total. The maximum Gasteiger partial charge on any atom is 0.208 e. The molecule has 2 saturated heterocycles. The Hall–Kier alpha value is -2.45. The van der Waals surface area contributed by atoms with Gasteiger partial charge in [-0.05, 0) is 51.8 Å². The third kappa shape index (κ3) is 3.11. The number of imidazole rings is 1. The van der Waals surface area contributed by atoms with Crippen LogP contribution in [0, 0.1) is 0 Å². The molecule has 0 spiro atoms. The first-order valence-electron chi connectivity index (χ1n) is 10.1. The average molecular weight is 411 g/mol. The molecular formula is C21H26N6OS. The highest BCUT2D eigenvalue weighted by Gasteiger charge is 2.47. The zero-order chi connectivity index (χ0) is 20.2. The molecule has 2 fully saturated rings. The maximum atomic E-state index is 10.6. The van der Waals surface area contributed by atoms with E-state index in [0.717, 1.165) is 22.2 Å². The minimum Gasteiger partial charge on any atom is -0.507 e. The summed E-state index contributed by atoms with van der Waals surface area (Å²) in [6.07, 6.45) is 10.2. The second-order valence-electron chi connectivity index (χ2n) is 8.57. The Bertz CT molecular complexity index is 1020. The van der Waals surface area contributed by atoms with Crippen LogP contribution in [0.1, 0.15) is 32.6 Å². The van der Waals surface area contributed by atoms with Gasteiger partial charge in [0.05, 0.1) is 17.6 Å². The minimum atomic E-state index is 0.200. The molecule has 3 aromatic rings. The summed E-state index contributed by atoms with van der Waals surface area (Å²) in [4.78, 5) is 8.92. The predicted octanol–water partition coefficient (Wildman–Crippen LogP) is 3.55. The zero-order valence-electron chi connectivity index (χ0n) is 17.0. The Kier molecular flexibility index (Phi) is 4.36. The zero-order valence-corrected chi connectivity index (χ0v) is 17.8. The van der Waals surface area contributed by atoms with Gasteiger partial charge >= 0.3 is 0 Å². The molecule has 152 valence electrons. The molecule has 0 radical (unpaired) electrons. The van der Waals surface area contributed by atoms with Crippen LogP contribution in [0.4, 0.5) is 5.13 Å². The number of phenols is 1. The molecule has 0 amide bonds. The van der Waals surface area contributed by atoms with Gasteiger partial charge in [-0.15, -0.1) is 10.2 Å². The lowest BCUT2D eigenvalue weighted by Crippen LogP contribution is -2.54. The lowest BCUT2D eigenvalue weighted by Gasteiger charge is -2.46. The number of benzene rings is 1. The smallest absolute Gasteiger partial charge is 0.208 e. The number of hydrogen-bond donors (Lipinski definition) is 1. The number of aromatic nitrogens is 4. The summed E-state index contributed by atoms with van der Waals surface area (Å²) in [6, 6.07) is 6.72. The number of aromatic hydroxyl groups is 1. The van der Waals surface area contributed by atoms with E-state index in [4.69, 9.17) is 0 Å². The molecule has 7 nitrogen and oxygen atoms in total. The Morgan fingerprint density at radius 3 is 2.90 bits per heavy atom. The standard InChI is InChI=1S/C21H26N6OS/c1-21-7-6-14(26(21)3)10-16(12-21)25(2)20-24-23-19(29-20)17-5-4-15(11-18(17)28)27-9-8-22-13-27/h4-5,8-9,11,13-14,16,28H,6-7,10,12H2,1-3H3/t14-,16-,21+/m1/s1. The Morgan fingerprint density at radius 2 is 2.17 bits per heavy atom. The van der Waals surface area contributed by atoms with E-state index in [0.29, 0.717) is 17.6 Å². The number of piperidine rings is 1. The van der Waals surface area contributed by atoms with Crippen molar-refractivity contribution < 1.29 is 5.11 Å². The third-order valence-corrected chi connectivity index (χ3v) is 7.96. The summed E-state index contributed by atoms with van der Waals surface area (Å²) < 4.78 is 1.86. The molecule has 1 aromatic carbocycles. The van der Waals surface area contributed by atoms with Gasteiger partial charge in [0.1, 0.15) is 5.75 Å². The highest BCUT2D eigenvalue weighted by Crippen LogP contribution is 2.45. The second-order valence-corrected chi connectivity index (χ2v) is 9.52. The monoisotopic (exact) mass is 410 g/mol. The molecule has 29 heavy (non-hydrogen) atoms. The van der Waals surface area contributed by atoms with Gasteiger partial charge in [0.25, 0.3) is 0 Å². The van der Waals surface area contributed by atoms with Crippen LogP contribution in [0.5, 0.6) is 5.75 Å². The van der Waals surface area contributed by atoms with Gasteiger partial charge in [0.15, 0.2) is 5.01 Å². The van der Waals surface area contributed by atoms with Gasteiger partial charge < -0.3 is 14.6 Å². The quantitative estimate of drug-likeness (QED) is 0.709. The van der Waals surface area contributed by atoms with E-state index in [9.17, 15) is 5.11 Å². The van der Waals surface area contributed by atoms with Crippen molar-refractivity contribution in [3.8, 4) is 22.0 Å². The summed E-state index contributed by atoms with van der Waals surface area (Å²) >= 11 is 1.54. The number of hydrogen-bond acceptors (Lipinski definition) is 7. The first-order chi connectivity index (χ1) is 13.9. The van der Waals surface area contributed by atoms with E-state index >= 15 is 0 Å². The highest BCUT2D eigenvalue weighted by atomic mass is 32.1. The van der Waals surface area contributed by atoms with E-state index in [1.807, 2.05) is 22.9 Å². The normalized spacial score (nSPS) is 26.7. The predicted molar refractivity (Wildman–Crippen MR) is 115 cm³/mol. The number of anilines is 1. The van der Waals surface area contributed by atoms with Crippen LogP contribution in [0.2, 0.25) is 0 Å². The second kappa shape index (κ2) is 6.81. The third-order valence-electron chi connectivity index (χ3n) is 6.91. The fraction of sp³-hybridized carbons (Fsp3) is 0.476. The Morgan fingerprint density at radius 1 is 1.31 bits per heavy atom. The minimum absolute atomic E-state index is 0.200. The van der Waals surface area contributed by atoms with Crippen molar-refractivity contribution in [1.29, 1.82) is 0 Å². The molecule has 0 aliphatic carbocycles. The number of nitrogens with zero attached hydrogens (tertiary/aromatic N) is 6. The van der Waals surface area contributed by atoms with Crippen molar-refractivity contribution in [2.24, 2.45) is 0 Å². The molecule has 2 aliphatic heterocycles. The Labute approximate surface area is 174 Å². The summed E-state index contributed by atoms with van der Waals surface area (Å²) in [7, 11) is 4.40. The van der Waals surface area contributed by atoms with Gasteiger partial charge in [0.2, 0.25) is 5.13 Å². The average Bonchev–Trinajstić information content (AvgIpc) is 3.43. The number of phenolic OH excluding ortho intramolecular Hbond substituents is 1. The number of rotatable bonds is 4. The van der Waals surface area contributed by atoms with E-state index in [-0.39, 0.29) is 11.3 Å². The largest absolute Gasteiger partial charge is 0.507 e. The van der Waals surface area contributed by atoms with Gasteiger partial charge in [0, 0.05) is 43.1 Å². The fourth-order valence-corrected chi connectivity index (χ4v) is 5.82. The van der Waals surface area contributed by atoms with Gasteiger partial charge in [-0.1, -0.05) is 11.3 Å². The first-order valence-corrected chi connectivity index (χ1v) is 10.9. The van der Waals surface area contributed by atoms with Gasteiger partial charge in [-0.3, -0.25) is 4.90 Å². The molecular weight excluding hydrogens is 384 g/mol. The van der Waals surface area contributed by atoms with Crippen molar-refractivity contribution in [2.45, 2.75) is 50.2 Å². The van der Waals surface area contributed by atoms with E-state index < -0.39 is 0 Å². The molecule has 2 aromatic heterocycles. The van der Waals surface area contributed by atoms with Crippen molar-refractivity contribution in [3.05, 3.63) is 36.9 Å². The van der Waals surface area contributed by atoms with Crippen molar-refractivity contribution in [1.82, 2.24) is 24.6 Å². The van der Waals surface area contributed by atoms with Gasteiger partial charge in [-0.2, -0.15) is 0 Å². The van der Waals surface area contributed by atoms with Crippen LogP contribution in [0.3, 0.4) is 0 Å². The van der Waals surface area contributed by atoms with Crippen LogP contribution >= 0.6 is 11.3 Å². The van der Waals surface area contributed by atoms with E-state index in [1.54, 1.807) is 18.6 Å². The Balaban J connectivity index is 1.37. The summed E-state index contributed by atoms with van der Waals surface area (Å²) in [5, 5.41) is 21.0. The molecule has 5 rings (SSSR count). The summed E-state index contributed by atoms with van der Waals surface area (Å²) in [5.41, 5.74) is 1.86. The van der Waals surface area contributed by atoms with Gasteiger partial charge in [-0.25, -0.2) is 4.98 Å². The molecule has 0 saturated carbocycles. The van der Waals surface area contributed by atoms with Crippen LogP contribution in [0.25, 0.3) is 16.3 Å². The summed E-state index contributed by atoms with van der Waals surface area (Å²) in [6.45, 7) is 2.39. The van der Waals surface area contributed by atoms with E-state index in [2.05, 4.69) is 46.0 Å². The molecule has 3 atom stereocenters. The number of fused-ring (bicyclic) bond motifs is 2. The summed E-state index contributed by atoms with van der Waals surface area (Å²) in [5.74, 6) is 0.200. The molecule has 4 heterocycles. The van der Waals surface area contributed by atoms with Crippen LogP contribution in [-0.4, -0.2) is 61.5 Å². The van der Waals surface area contributed by atoms with Crippen LogP contribution in [-0.2, 0) is 0 Å². The molecule has 2 bridgehead atoms. The SMILES string of the molecule is CN(c1nnc(-c2ccc(-n3ccnc3)cc2O)s1)[C@@H]1C[C@H]2CC[C@@](C)(C1)N2C. The fourth-order valence-electron chi connectivity index (χ4n) is 4.91. The highest BCUT2D eigenvalue weighted by molar-refractivity contribution is 7.18. The van der Waals surface area contributed by atoms with E-state index in [1.165, 1.54) is 30.6 Å².